The van der Waals surface area contributed by atoms with Crippen LogP contribution in [0.2, 0.25) is 0 Å². The Kier molecular flexibility index (Phi) is 6.74. The van der Waals surface area contributed by atoms with E-state index in [4.69, 9.17) is 4.99 Å². The molecule has 0 spiro atoms. The van der Waals surface area contributed by atoms with Crippen molar-refractivity contribution in [2.24, 2.45) is 4.99 Å². The van der Waals surface area contributed by atoms with Gasteiger partial charge in [0.05, 0.1) is 5.69 Å². The number of rotatable bonds is 6. The third-order valence-corrected chi connectivity index (χ3v) is 4.19. The van der Waals surface area contributed by atoms with E-state index in [2.05, 4.69) is 40.3 Å². The Balaban J connectivity index is 1.77. The van der Waals surface area contributed by atoms with Crippen LogP contribution < -0.4 is 10.6 Å². The Morgan fingerprint density at radius 3 is 2.73 bits per heavy atom. The summed E-state index contributed by atoms with van der Waals surface area (Å²) in [6.45, 7) is 8.95. The summed E-state index contributed by atoms with van der Waals surface area (Å²) in [6, 6.07) is 2.72. The summed E-state index contributed by atoms with van der Waals surface area (Å²) >= 11 is 0. The number of aryl methyl sites for hydroxylation is 3. The number of nitrogens with one attached hydrogen (secondary N) is 2. The van der Waals surface area contributed by atoms with Gasteiger partial charge in [0.15, 0.2) is 5.96 Å². The van der Waals surface area contributed by atoms with Crippen molar-refractivity contribution in [1.29, 1.82) is 0 Å². The number of aromatic nitrogens is 2. The SMILES string of the molecule is CCNC(=NCCCn1nc(C)cc1C)NC1CCCCC1. The van der Waals surface area contributed by atoms with Crippen molar-refractivity contribution >= 4 is 5.96 Å². The van der Waals surface area contributed by atoms with Crippen LogP contribution in [0.1, 0.15) is 56.8 Å². The molecule has 1 heterocycles. The minimum atomic E-state index is 0.600. The quantitative estimate of drug-likeness (QED) is 0.483. The van der Waals surface area contributed by atoms with E-state index in [0.717, 1.165) is 37.7 Å². The van der Waals surface area contributed by atoms with E-state index in [1.165, 1.54) is 37.8 Å². The van der Waals surface area contributed by atoms with Crippen LogP contribution in [0.3, 0.4) is 0 Å². The van der Waals surface area contributed by atoms with Crippen LogP contribution in [0.15, 0.2) is 11.1 Å². The van der Waals surface area contributed by atoms with Crippen molar-refractivity contribution in [2.75, 3.05) is 13.1 Å². The Hall–Kier alpha value is -1.52. The molecule has 2 N–H and O–H groups in total. The Bertz CT molecular complexity index is 471. The Morgan fingerprint density at radius 2 is 2.09 bits per heavy atom. The molecule has 0 bridgehead atoms. The molecule has 0 atom stereocenters. The predicted octanol–water partition coefficient (Wildman–Crippen LogP) is 2.78. The van der Waals surface area contributed by atoms with Crippen molar-refractivity contribution in [1.82, 2.24) is 20.4 Å². The van der Waals surface area contributed by atoms with Crippen molar-refractivity contribution < 1.29 is 0 Å². The molecule has 5 heteroatoms. The molecule has 0 aromatic carbocycles. The molecule has 124 valence electrons. The van der Waals surface area contributed by atoms with Crippen LogP contribution in [0, 0.1) is 13.8 Å². The van der Waals surface area contributed by atoms with Crippen LogP contribution in [-0.4, -0.2) is 34.9 Å². The van der Waals surface area contributed by atoms with E-state index in [1.54, 1.807) is 0 Å². The molecule has 1 aromatic heterocycles. The summed E-state index contributed by atoms with van der Waals surface area (Å²) in [4.78, 5) is 4.71. The second-order valence-corrected chi connectivity index (χ2v) is 6.24. The van der Waals surface area contributed by atoms with Crippen LogP contribution >= 0.6 is 0 Å². The van der Waals surface area contributed by atoms with Gasteiger partial charge in [-0.25, -0.2) is 0 Å². The van der Waals surface area contributed by atoms with Gasteiger partial charge >= 0.3 is 0 Å². The monoisotopic (exact) mass is 305 g/mol. The summed E-state index contributed by atoms with van der Waals surface area (Å²) in [7, 11) is 0. The average molecular weight is 305 g/mol. The highest BCUT2D eigenvalue weighted by molar-refractivity contribution is 5.80. The molecule has 0 amide bonds. The molecular formula is C17H31N5. The van der Waals surface area contributed by atoms with Gasteiger partial charge in [-0.3, -0.25) is 9.67 Å². The van der Waals surface area contributed by atoms with E-state index in [0.29, 0.717) is 6.04 Å². The molecule has 1 fully saturated rings. The Labute approximate surface area is 134 Å². The minimum Gasteiger partial charge on any atom is -0.357 e. The van der Waals surface area contributed by atoms with E-state index in [1.807, 2.05) is 6.92 Å². The molecule has 22 heavy (non-hydrogen) atoms. The lowest BCUT2D eigenvalue weighted by Gasteiger charge is -2.24. The average Bonchev–Trinajstić information content (AvgIpc) is 2.83. The standard InChI is InChI=1S/C17H31N5/c1-4-18-17(20-16-9-6-5-7-10-16)19-11-8-12-22-15(3)13-14(2)21-22/h13,16H,4-12H2,1-3H3,(H2,18,19,20). The van der Waals surface area contributed by atoms with Gasteiger partial charge in [0.25, 0.3) is 0 Å². The van der Waals surface area contributed by atoms with Gasteiger partial charge in [-0.2, -0.15) is 5.10 Å². The first-order valence-corrected chi connectivity index (χ1v) is 8.75. The molecule has 0 saturated heterocycles. The highest BCUT2D eigenvalue weighted by Crippen LogP contribution is 2.17. The smallest absolute Gasteiger partial charge is 0.191 e. The second kappa shape index (κ2) is 8.81. The summed E-state index contributed by atoms with van der Waals surface area (Å²) in [5.41, 5.74) is 2.32. The van der Waals surface area contributed by atoms with Gasteiger partial charge in [-0.1, -0.05) is 19.3 Å². The lowest BCUT2D eigenvalue weighted by Crippen LogP contribution is -2.44. The largest absolute Gasteiger partial charge is 0.357 e. The highest BCUT2D eigenvalue weighted by atomic mass is 15.3. The molecule has 1 aliphatic rings. The van der Waals surface area contributed by atoms with Crippen molar-refractivity contribution in [3.63, 3.8) is 0 Å². The van der Waals surface area contributed by atoms with Gasteiger partial charge in [0, 0.05) is 31.4 Å². The van der Waals surface area contributed by atoms with E-state index in [-0.39, 0.29) is 0 Å². The molecule has 1 aliphatic carbocycles. The molecule has 2 rings (SSSR count). The lowest BCUT2D eigenvalue weighted by molar-refractivity contribution is 0.410. The number of hydrogen-bond donors (Lipinski definition) is 2. The number of aliphatic imine (C=N–C) groups is 1. The van der Waals surface area contributed by atoms with Gasteiger partial charge in [0.1, 0.15) is 0 Å². The fourth-order valence-electron chi connectivity index (χ4n) is 3.07. The maximum Gasteiger partial charge on any atom is 0.191 e. The molecule has 1 aromatic rings. The zero-order valence-electron chi connectivity index (χ0n) is 14.4. The molecule has 0 aliphatic heterocycles. The molecular weight excluding hydrogens is 274 g/mol. The predicted molar refractivity (Wildman–Crippen MR) is 92.3 cm³/mol. The highest BCUT2D eigenvalue weighted by Gasteiger charge is 2.14. The van der Waals surface area contributed by atoms with Gasteiger partial charge in [0.2, 0.25) is 0 Å². The first kappa shape index (κ1) is 16.8. The molecule has 0 unspecified atom stereocenters. The first-order valence-electron chi connectivity index (χ1n) is 8.75. The van der Waals surface area contributed by atoms with Crippen LogP contribution in [0.5, 0.6) is 0 Å². The maximum absolute atomic E-state index is 4.71. The van der Waals surface area contributed by atoms with E-state index in [9.17, 15) is 0 Å². The van der Waals surface area contributed by atoms with Crippen molar-refractivity contribution in [2.45, 2.75) is 71.9 Å². The summed E-state index contributed by atoms with van der Waals surface area (Å²) in [6.07, 6.45) is 7.63. The van der Waals surface area contributed by atoms with Gasteiger partial charge in [-0.15, -0.1) is 0 Å². The van der Waals surface area contributed by atoms with Crippen LogP contribution in [0.4, 0.5) is 0 Å². The fourth-order valence-corrected chi connectivity index (χ4v) is 3.07. The fraction of sp³-hybridized carbons (Fsp3) is 0.765. The molecule has 1 saturated carbocycles. The summed E-state index contributed by atoms with van der Waals surface area (Å²) in [5, 5.41) is 11.4. The van der Waals surface area contributed by atoms with Crippen LogP contribution in [0.25, 0.3) is 0 Å². The number of guanidine groups is 1. The summed E-state index contributed by atoms with van der Waals surface area (Å²) < 4.78 is 2.08. The minimum absolute atomic E-state index is 0.600. The third-order valence-electron chi connectivity index (χ3n) is 4.19. The summed E-state index contributed by atoms with van der Waals surface area (Å²) in [5.74, 6) is 0.975. The van der Waals surface area contributed by atoms with E-state index < -0.39 is 0 Å². The van der Waals surface area contributed by atoms with Gasteiger partial charge in [-0.05, 0) is 46.1 Å². The van der Waals surface area contributed by atoms with E-state index >= 15 is 0 Å². The van der Waals surface area contributed by atoms with Crippen molar-refractivity contribution in [3.05, 3.63) is 17.5 Å². The second-order valence-electron chi connectivity index (χ2n) is 6.24. The zero-order chi connectivity index (χ0) is 15.8. The Morgan fingerprint density at radius 1 is 1.32 bits per heavy atom. The first-order chi connectivity index (χ1) is 10.7. The number of nitrogens with zero attached hydrogens (tertiary/aromatic N) is 3. The number of hydrogen-bond acceptors (Lipinski definition) is 2. The molecule has 5 nitrogen and oxygen atoms in total. The lowest BCUT2D eigenvalue weighted by atomic mass is 9.96. The zero-order valence-corrected chi connectivity index (χ0v) is 14.4. The maximum atomic E-state index is 4.71. The third kappa shape index (κ3) is 5.35. The van der Waals surface area contributed by atoms with Crippen molar-refractivity contribution in [3.8, 4) is 0 Å². The molecule has 0 radical (unpaired) electrons. The van der Waals surface area contributed by atoms with Gasteiger partial charge < -0.3 is 10.6 Å². The normalized spacial score (nSPS) is 16.8. The van der Waals surface area contributed by atoms with Crippen LogP contribution in [-0.2, 0) is 6.54 Å². The topological polar surface area (TPSA) is 54.2 Å².